The number of piperidine rings is 1. The van der Waals surface area contributed by atoms with Crippen LogP contribution in [0.15, 0.2) is 12.4 Å². The summed E-state index contributed by atoms with van der Waals surface area (Å²) in [4.78, 5) is 23.2. The van der Waals surface area contributed by atoms with Crippen molar-refractivity contribution in [3.8, 4) is 0 Å². The summed E-state index contributed by atoms with van der Waals surface area (Å²) in [6.07, 6.45) is 6.62. The van der Waals surface area contributed by atoms with Gasteiger partial charge in [-0.1, -0.05) is 6.92 Å². The molecule has 3 heterocycles. The number of anilines is 2. The fraction of sp³-hybridized carbons (Fsp3) is 0.737. The summed E-state index contributed by atoms with van der Waals surface area (Å²) in [5.74, 6) is 2.45. The van der Waals surface area contributed by atoms with Crippen molar-refractivity contribution in [2.24, 2.45) is 5.92 Å². The SMILES string of the molecule is CCCNc1cc(N2CCCC(CCC(=O)NC3CCS(=O)(=O)C3)C2)ncn1. The first-order valence-electron chi connectivity index (χ1n) is 10.3. The molecule has 2 N–H and O–H groups in total. The molecule has 2 aliphatic heterocycles. The molecule has 0 saturated carbocycles. The second-order valence-corrected chi connectivity index (χ2v) is 10.1. The average molecular weight is 410 g/mol. The number of carbonyl (C=O) groups is 1. The third-order valence-corrected chi connectivity index (χ3v) is 7.20. The Balaban J connectivity index is 1.46. The van der Waals surface area contributed by atoms with E-state index in [9.17, 15) is 13.2 Å². The van der Waals surface area contributed by atoms with E-state index in [-0.39, 0.29) is 23.5 Å². The van der Waals surface area contributed by atoms with Gasteiger partial charge in [-0.25, -0.2) is 18.4 Å². The number of hydrogen-bond acceptors (Lipinski definition) is 7. The third kappa shape index (κ3) is 6.05. The van der Waals surface area contributed by atoms with E-state index in [4.69, 9.17) is 0 Å². The summed E-state index contributed by atoms with van der Waals surface area (Å²) in [5, 5.41) is 6.18. The number of amides is 1. The third-order valence-electron chi connectivity index (χ3n) is 5.43. The van der Waals surface area contributed by atoms with Crippen LogP contribution in [-0.4, -0.2) is 61.5 Å². The van der Waals surface area contributed by atoms with E-state index >= 15 is 0 Å². The van der Waals surface area contributed by atoms with Crippen LogP contribution in [0, 0.1) is 5.92 Å². The molecule has 2 aliphatic rings. The number of sulfone groups is 1. The lowest BCUT2D eigenvalue weighted by molar-refractivity contribution is -0.121. The zero-order valence-corrected chi connectivity index (χ0v) is 17.4. The minimum absolute atomic E-state index is 0.0349. The number of carbonyl (C=O) groups excluding carboxylic acids is 1. The van der Waals surface area contributed by atoms with E-state index in [1.54, 1.807) is 6.33 Å². The second-order valence-electron chi connectivity index (χ2n) is 7.85. The van der Waals surface area contributed by atoms with Crippen LogP contribution in [0.5, 0.6) is 0 Å². The first kappa shape index (κ1) is 20.8. The maximum Gasteiger partial charge on any atom is 0.220 e. The number of aromatic nitrogens is 2. The summed E-state index contributed by atoms with van der Waals surface area (Å²) < 4.78 is 23.0. The quantitative estimate of drug-likeness (QED) is 0.672. The molecule has 0 aromatic carbocycles. The van der Waals surface area contributed by atoms with Crippen molar-refractivity contribution in [2.45, 2.75) is 51.5 Å². The van der Waals surface area contributed by atoms with Gasteiger partial charge in [-0.2, -0.15) is 0 Å². The monoisotopic (exact) mass is 409 g/mol. The molecule has 3 rings (SSSR count). The van der Waals surface area contributed by atoms with Gasteiger partial charge in [-0.05, 0) is 38.0 Å². The summed E-state index contributed by atoms with van der Waals surface area (Å²) in [7, 11) is -2.96. The fourth-order valence-electron chi connectivity index (χ4n) is 3.92. The molecule has 2 unspecified atom stereocenters. The number of rotatable bonds is 8. The van der Waals surface area contributed by atoms with Gasteiger partial charge < -0.3 is 15.5 Å². The molecule has 28 heavy (non-hydrogen) atoms. The summed E-state index contributed by atoms with van der Waals surface area (Å²) in [5.41, 5.74) is 0. The Labute approximate surface area is 167 Å². The number of nitrogens with one attached hydrogen (secondary N) is 2. The Morgan fingerprint density at radius 1 is 1.32 bits per heavy atom. The molecule has 1 aromatic rings. The van der Waals surface area contributed by atoms with Gasteiger partial charge in [0.15, 0.2) is 9.84 Å². The topological polar surface area (TPSA) is 104 Å². The Morgan fingerprint density at radius 3 is 2.93 bits per heavy atom. The number of nitrogens with zero attached hydrogens (tertiary/aromatic N) is 3. The largest absolute Gasteiger partial charge is 0.370 e. The molecule has 9 heteroatoms. The molecule has 8 nitrogen and oxygen atoms in total. The van der Waals surface area contributed by atoms with Crippen molar-refractivity contribution in [3.63, 3.8) is 0 Å². The van der Waals surface area contributed by atoms with Crippen LogP contribution in [0.25, 0.3) is 0 Å². The van der Waals surface area contributed by atoms with E-state index in [1.165, 1.54) is 0 Å². The van der Waals surface area contributed by atoms with Crippen LogP contribution in [0.3, 0.4) is 0 Å². The van der Waals surface area contributed by atoms with Gasteiger partial charge in [-0.3, -0.25) is 4.79 Å². The zero-order valence-electron chi connectivity index (χ0n) is 16.6. The van der Waals surface area contributed by atoms with Crippen LogP contribution >= 0.6 is 0 Å². The van der Waals surface area contributed by atoms with E-state index < -0.39 is 9.84 Å². The van der Waals surface area contributed by atoms with Crippen LogP contribution < -0.4 is 15.5 Å². The highest BCUT2D eigenvalue weighted by atomic mass is 32.2. The standard InChI is InChI=1S/C19H31N5O3S/c1-2-8-20-17-11-18(22-14-21-17)24-9-3-4-15(12-24)5-6-19(25)23-16-7-10-28(26,27)13-16/h11,14-16H,2-10,12-13H2,1H3,(H,23,25)(H,20,21,22). The van der Waals surface area contributed by atoms with Crippen molar-refractivity contribution in [3.05, 3.63) is 12.4 Å². The smallest absolute Gasteiger partial charge is 0.220 e. The van der Waals surface area contributed by atoms with E-state index in [1.807, 2.05) is 6.07 Å². The Morgan fingerprint density at radius 2 is 2.18 bits per heavy atom. The molecule has 0 bridgehead atoms. The molecule has 0 spiro atoms. The molecular formula is C19H31N5O3S. The highest BCUT2D eigenvalue weighted by Crippen LogP contribution is 2.25. The van der Waals surface area contributed by atoms with Crippen molar-refractivity contribution < 1.29 is 13.2 Å². The van der Waals surface area contributed by atoms with E-state index in [0.717, 1.165) is 57.0 Å². The predicted octanol–water partition coefficient (Wildman–Crippen LogP) is 1.60. The van der Waals surface area contributed by atoms with Crippen molar-refractivity contribution in [1.29, 1.82) is 0 Å². The van der Waals surface area contributed by atoms with E-state index in [2.05, 4.69) is 32.4 Å². The maximum absolute atomic E-state index is 12.2. The molecule has 1 aromatic heterocycles. The van der Waals surface area contributed by atoms with Gasteiger partial charge >= 0.3 is 0 Å². The zero-order chi connectivity index (χ0) is 20.0. The van der Waals surface area contributed by atoms with Gasteiger partial charge in [0.2, 0.25) is 5.91 Å². The average Bonchev–Trinajstić information content (AvgIpc) is 3.03. The highest BCUT2D eigenvalue weighted by molar-refractivity contribution is 7.91. The Kier molecular flexibility index (Phi) is 7.09. The molecule has 156 valence electrons. The predicted molar refractivity (Wildman–Crippen MR) is 110 cm³/mol. The van der Waals surface area contributed by atoms with Gasteiger partial charge in [0, 0.05) is 38.2 Å². The molecule has 0 radical (unpaired) electrons. The molecule has 2 fully saturated rings. The van der Waals surface area contributed by atoms with Crippen LogP contribution in [-0.2, 0) is 14.6 Å². The van der Waals surface area contributed by atoms with Crippen LogP contribution in [0.2, 0.25) is 0 Å². The molecular weight excluding hydrogens is 378 g/mol. The van der Waals surface area contributed by atoms with Gasteiger partial charge in [-0.15, -0.1) is 0 Å². The minimum Gasteiger partial charge on any atom is -0.370 e. The lowest BCUT2D eigenvalue weighted by atomic mass is 9.93. The van der Waals surface area contributed by atoms with Gasteiger partial charge in [0.05, 0.1) is 11.5 Å². The van der Waals surface area contributed by atoms with Crippen LogP contribution in [0.4, 0.5) is 11.6 Å². The maximum atomic E-state index is 12.2. The first-order valence-corrected chi connectivity index (χ1v) is 12.1. The van der Waals surface area contributed by atoms with Crippen molar-refractivity contribution >= 4 is 27.4 Å². The van der Waals surface area contributed by atoms with Crippen molar-refractivity contribution in [2.75, 3.05) is 41.4 Å². The molecule has 1 amide bonds. The van der Waals surface area contributed by atoms with Crippen LogP contribution in [0.1, 0.15) is 45.4 Å². The number of hydrogen-bond donors (Lipinski definition) is 2. The highest BCUT2D eigenvalue weighted by Gasteiger charge is 2.29. The fourth-order valence-corrected chi connectivity index (χ4v) is 5.60. The molecule has 2 saturated heterocycles. The van der Waals surface area contributed by atoms with Crippen molar-refractivity contribution in [1.82, 2.24) is 15.3 Å². The Bertz CT molecular complexity index is 771. The first-order chi connectivity index (χ1) is 13.4. The summed E-state index contributed by atoms with van der Waals surface area (Å²) in [6.45, 7) is 4.85. The molecule has 2 atom stereocenters. The normalized spacial score (nSPS) is 24.1. The minimum atomic E-state index is -2.96. The summed E-state index contributed by atoms with van der Waals surface area (Å²) in [6, 6.07) is 1.78. The summed E-state index contributed by atoms with van der Waals surface area (Å²) >= 11 is 0. The van der Waals surface area contributed by atoms with Gasteiger partial charge in [0.1, 0.15) is 18.0 Å². The van der Waals surface area contributed by atoms with Gasteiger partial charge in [0.25, 0.3) is 0 Å². The lowest BCUT2D eigenvalue weighted by Gasteiger charge is -2.33. The van der Waals surface area contributed by atoms with E-state index in [0.29, 0.717) is 18.8 Å². The Hall–Kier alpha value is -1.90. The second kappa shape index (κ2) is 9.54. The lowest BCUT2D eigenvalue weighted by Crippen LogP contribution is -2.38. The molecule has 0 aliphatic carbocycles.